The molecule has 4 amide bonds. The molecule has 32 heavy (non-hydrogen) atoms. The molecule has 1 unspecified atom stereocenters. The molecule has 2 aromatic carbocycles. The van der Waals surface area contributed by atoms with Gasteiger partial charge in [-0.25, -0.2) is 4.79 Å². The molecular formula is C23H27N3O6. The fourth-order valence-corrected chi connectivity index (χ4v) is 3.32. The molecule has 9 nitrogen and oxygen atoms in total. The maximum absolute atomic E-state index is 12.9. The Morgan fingerprint density at radius 2 is 1.59 bits per heavy atom. The number of carbonyl (C=O) groups is 3. The van der Waals surface area contributed by atoms with Gasteiger partial charge in [0.25, 0.3) is 5.91 Å². The highest BCUT2D eigenvalue weighted by Gasteiger charge is 2.49. The van der Waals surface area contributed by atoms with Crippen molar-refractivity contribution in [2.75, 3.05) is 33.4 Å². The van der Waals surface area contributed by atoms with Crippen LogP contribution >= 0.6 is 0 Å². The molecular weight excluding hydrogens is 414 g/mol. The number of urea groups is 1. The molecule has 9 heteroatoms. The SMILES string of the molecule is CCOc1ccc(OCCNC(=O)CN2C(=O)NC(C)(c3ccc(OC)cc3)C2=O)cc1. The highest BCUT2D eigenvalue weighted by atomic mass is 16.5. The highest BCUT2D eigenvalue weighted by Crippen LogP contribution is 2.29. The predicted molar refractivity (Wildman–Crippen MR) is 117 cm³/mol. The number of benzene rings is 2. The van der Waals surface area contributed by atoms with E-state index < -0.39 is 23.4 Å². The summed E-state index contributed by atoms with van der Waals surface area (Å²) in [6.45, 7) is 4.20. The van der Waals surface area contributed by atoms with Crippen molar-refractivity contribution in [2.24, 2.45) is 0 Å². The Balaban J connectivity index is 1.49. The van der Waals surface area contributed by atoms with Gasteiger partial charge in [-0.3, -0.25) is 14.5 Å². The molecule has 1 heterocycles. The Labute approximate surface area is 186 Å². The van der Waals surface area contributed by atoms with E-state index in [0.717, 1.165) is 10.6 Å². The van der Waals surface area contributed by atoms with Crippen molar-refractivity contribution in [3.8, 4) is 17.2 Å². The smallest absolute Gasteiger partial charge is 0.325 e. The minimum Gasteiger partial charge on any atom is -0.497 e. The summed E-state index contributed by atoms with van der Waals surface area (Å²) < 4.78 is 16.1. The fourth-order valence-electron chi connectivity index (χ4n) is 3.32. The van der Waals surface area contributed by atoms with Gasteiger partial charge >= 0.3 is 6.03 Å². The van der Waals surface area contributed by atoms with E-state index in [1.807, 2.05) is 6.92 Å². The molecule has 2 N–H and O–H groups in total. The van der Waals surface area contributed by atoms with Gasteiger partial charge in [-0.05, 0) is 55.8 Å². The molecule has 0 spiro atoms. The minimum absolute atomic E-state index is 0.228. The van der Waals surface area contributed by atoms with Gasteiger partial charge in [0.1, 0.15) is 35.9 Å². The first-order valence-electron chi connectivity index (χ1n) is 10.3. The molecule has 0 aliphatic carbocycles. The third-order valence-electron chi connectivity index (χ3n) is 5.07. The predicted octanol–water partition coefficient (Wildman–Crippen LogP) is 2.06. The van der Waals surface area contributed by atoms with Gasteiger partial charge in [-0.2, -0.15) is 0 Å². The summed E-state index contributed by atoms with van der Waals surface area (Å²) in [4.78, 5) is 38.5. The van der Waals surface area contributed by atoms with Crippen LogP contribution in [0, 0.1) is 0 Å². The lowest BCUT2D eigenvalue weighted by Gasteiger charge is -2.22. The molecule has 0 saturated carbocycles. The molecule has 1 atom stereocenters. The van der Waals surface area contributed by atoms with Gasteiger partial charge in [0.2, 0.25) is 5.91 Å². The zero-order chi connectivity index (χ0) is 23.1. The Kier molecular flexibility index (Phi) is 7.19. The van der Waals surface area contributed by atoms with Crippen molar-refractivity contribution in [2.45, 2.75) is 19.4 Å². The molecule has 3 rings (SSSR count). The van der Waals surface area contributed by atoms with Crippen LogP contribution in [0.2, 0.25) is 0 Å². The van der Waals surface area contributed by atoms with Crippen LogP contribution in [-0.2, 0) is 15.1 Å². The van der Waals surface area contributed by atoms with Crippen LogP contribution in [0.4, 0.5) is 4.79 Å². The van der Waals surface area contributed by atoms with Gasteiger partial charge in [0, 0.05) is 0 Å². The monoisotopic (exact) mass is 441 g/mol. The van der Waals surface area contributed by atoms with Crippen LogP contribution in [0.25, 0.3) is 0 Å². The maximum Gasteiger partial charge on any atom is 0.325 e. The standard InChI is InChI=1S/C23H27N3O6/c1-4-31-18-9-11-19(12-10-18)32-14-13-24-20(27)15-26-21(28)23(2,25-22(26)29)16-5-7-17(30-3)8-6-16/h5-12H,4,13-15H2,1-3H3,(H,24,27)(H,25,29). The lowest BCUT2D eigenvalue weighted by molar-refractivity contribution is -0.134. The van der Waals surface area contributed by atoms with Gasteiger partial charge < -0.3 is 24.8 Å². The maximum atomic E-state index is 12.9. The van der Waals surface area contributed by atoms with Crippen molar-refractivity contribution in [1.82, 2.24) is 15.5 Å². The first-order chi connectivity index (χ1) is 15.4. The number of amides is 4. The first-order valence-corrected chi connectivity index (χ1v) is 10.3. The summed E-state index contributed by atoms with van der Waals surface area (Å²) in [7, 11) is 1.54. The van der Waals surface area contributed by atoms with E-state index >= 15 is 0 Å². The number of rotatable bonds is 10. The number of hydrogen-bond donors (Lipinski definition) is 2. The van der Waals surface area contributed by atoms with Crippen molar-refractivity contribution in [3.05, 3.63) is 54.1 Å². The number of nitrogens with zero attached hydrogens (tertiary/aromatic N) is 1. The second-order valence-electron chi connectivity index (χ2n) is 7.28. The second-order valence-corrected chi connectivity index (χ2v) is 7.28. The summed E-state index contributed by atoms with van der Waals surface area (Å²) in [5.41, 5.74) is -0.649. The van der Waals surface area contributed by atoms with Crippen molar-refractivity contribution in [3.63, 3.8) is 0 Å². The number of nitrogens with one attached hydrogen (secondary N) is 2. The van der Waals surface area contributed by atoms with Crippen molar-refractivity contribution < 1.29 is 28.6 Å². The number of carbonyl (C=O) groups excluding carboxylic acids is 3. The normalized spacial score (nSPS) is 17.7. The van der Waals surface area contributed by atoms with Crippen molar-refractivity contribution in [1.29, 1.82) is 0 Å². The van der Waals surface area contributed by atoms with Crippen LogP contribution in [-0.4, -0.2) is 56.2 Å². The van der Waals surface area contributed by atoms with Gasteiger partial charge in [0.15, 0.2) is 0 Å². The topological polar surface area (TPSA) is 106 Å². The fraction of sp³-hybridized carbons (Fsp3) is 0.348. The van der Waals surface area contributed by atoms with Gasteiger partial charge in [-0.1, -0.05) is 12.1 Å². The number of methoxy groups -OCH3 is 1. The Morgan fingerprint density at radius 3 is 2.19 bits per heavy atom. The molecule has 170 valence electrons. The van der Waals surface area contributed by atoms with E-state index in [1.165, 1.54) is 0 Å². The third-order valence-corrected chi connectivity index (χ3v) is 5.07. The number of hydrogen-bond acceptors (Lipinski definition) is 6. The molecule has 0 aromatic heterocycles. The van der Waals surface area contributed by atoms with E-state index in [1.54, 1.807) is 62.6 Å². The van der Waals surface area contributed by atoms with E-state index in [2.05, 4.69) is 10.6 Å². The van der Waals surface area contributed by atoms with E-state index in [4.69, 9.17) is 14.2 Å². The zero-order valence-corrected chi connectivity index (χ0v) is 18.3. The largest absolute Gasteiger partial charge is 0.497 e. The lowest BCUT2D eigenvalue weighted by atomic mass is 9.92. The van der Waals surface area contributed by atoms with Crippen LogP contribution < -0.4 is 24.8 Å². The average molecular weight is 441 g/mol. The van der Waals surface area contributed by atoms with E-state index in [0.29, 0.717) is 23.7 Å². The summed E-state index contributed by atoms with van der Waals surface area (Å²) in [5, 5.41) is 5.33. The average Bonchev–Trinajstić information content (AvgIpc) is 3.02. The summed E-state index contributed by atoms with van der Waals surface area (Å²) in [6, 6.07) is 13.4. The molecule has 1 saturated heterocycles. The van der Waals surface area contributed by atoms with E-state index in [9.17, 15) is 14.4 Å². The number of imide groups is 1. The Hall–Kier alpha value is -3.75. The quantitative estimate of drug-likeness (QED) is 0.432. The summed E-state index contributed by atoms with van der Waals surface area (Å²) in [5.74, 6) is 1.09. The van der Waals surface area contributed by atoms with Crippen LogP contribution in [0.1, 0.15) is 19.4 Å². The molecule has 0 radical (unpaired) electrons. The Morgan fingerprint density at radius 1 is 1.00 bits per heavy atom. The third kappa shape index (κ3) is 5.11. The van der Waals surface area contributed by atoms with Gasteiger partial charge in [0.05, 0.1) is 20.3 Å². The van der Waals surface area contributed by atoms with Crippen LogP contribution in [0.3, 0.4) is 0 Å². The van der Waals surface area contributed by atoms with Crippen LogP contribution in [0.5, 0.6) is 17.2 Å². The van der Waals surface area contributed by atoms with E-state index in [-0.39, 0.29) is 19.7 Å². The minimum atomic E-state index is -1.25. The number of ether oxygens (including phenoxy) is 3. The summed E-state index contributed by atoms with van der Waals surface area (Å²) in [6.07, 6.45) is 0. The lowest BCUT2D eigenvalue weighted by Crippen LogP contribution is -2.43. The highest BCUT2D eigenvalue weighted by molar-refractivity contribution is 6.09. The Bertz CT molecular complexity index is 961. The molecule has 0 bridgehead atoms. The molecule has 1 fully saturated rings. The summed E-state index contributed by atoms with van der Waals surface area (Å²) >= 11 is 0. The molecule has 2 aromatic rings. The van der Waals surface area contributed by atoms with Crippen molar-refractivity contribution >= 4 is 17.8 Å². The second kappa shape index (κ2) is 10.0. The van der Waals surface area contributed by atoms with Gasteiger partial charge in [-0.15, -0.1) is 0 Å². The first kappa shape index (κ1) is 22.9. The molecule has 1 aliphatic rings. The molecule has 1 aliphatic heterocycles. The van der Waals surface area contributed by atoms with Crippen LogP contribution in [0.15, 0.2) is 48.5 Å². The zero-order valence-electron chi connectivity index (χ0n) is 18.3.